The number of hydrogen-bond acceptors (Lipinski definition) is 3. The third kappa shape index (κ3) is 2.04. The van der Waals surface area contributed by atoms with Crippen LogP contribution in [0.3, 0.4) is 0 Å². The molecule has 94 valence electrons. The van der Waals surface area contributed by atoms with Crippen LogP contribution in [0.15, 0.2) is 47.4 Å². The molecular weight excluding hydrogens is 258 g/mol. The van der Waals surface area contributed by atoms with Crippen molar-refractivity contribution >= 4 is 39.8 Å². The van der Waals surface area contributed by atoms with Crippen molar-refractivity contribution in [2.45, 2.75) is 0 Å². The highest BCUT2D eigenvalue weighted by atomic mass is 32.2. The van der Waals surface area contributed by atoms with Gasteiger partial charge in [0, 0.05) is 7.05 Å². The van der Waals surface area contributed by atoms with Gasteiger partial charge >= 0.3 is 0 Å². The highest BCUT2D eigenvalue weighted by Gasteiger charge is 2.31. The summed E-state index contributed by atoms with van der Waals surface area (Å²) in [5.74, 6) is -0.233. The number of benzene rings is 2. The number of nitrogens with zero attached hydrogens (tertiary/aromatic N) is 1. The molecule has 2 aromatic carbocycles. The van der Waals surface area contributed by atoms with E-state index in [9.17, 15) is 9.59 Å². The normalized spacial score (nSPS) is 17.7. The fourth-order valence-corrected chi connectivity index (χ4v) is 2.88. The second-order valence-electron chi connectivity index (χ2n) is 4.31. The zero-order valence-electron chi connectivity index (χ0n) is 10.3. The van der Waals surface area contributed by atoms with Crippen molar-refractivity contribution < 1.29 is 9.59 Å². The number of thioether (sulfide) groups is 1. The minimum atomic E-state index is -0.233. The Morgan fingerprint density at radius 2 is 1.79 bits per heavy atom. The first-order valence-corrected chi connectivity index (χ1v) is 6.68. The summed E-state index contributed by atoms with van der Waals surface area (Å²) in [6.07, 6.45) is 1.79. The van der Waals surface area contributed by atoms with Crippen LogP contribution in [0.5, 0.6) is 0 Å². The van der Waals surface area contributed by atoms with Crippen molar-refractivity contribution in [3.8, 4) is 0 Å². The van der Waals surface area contributed by atoms with Crippen LogP contribution < -0.4 is 0 Å². The van der Waals surface area contributed by atoms with Crippen molar-refractivity contribution in [2.24, 2.45) is 0 Å². The maximum atomic E-state index is 11.9. The Bertz CT molecular complexity index is 716. The molecule has 0 aliphatic carbocycles. The smallest absolute Gasteiger partial charge is 0.272 e. The van der Waals surface area contributed by atoms with Gasteiger partial charge in [0.25, 0.3) is 11.1 Å². The molecule has 19 heavy (non-hydrogen) atoms. The highest BCUT2D eigenvalue weighted by Crippen LogP contribution is 2.32. The zero-order valence-corrected chi connectivity index (χ0v) is 11.1. The number of amides is 2. The molecule has 1 saturated heterocycles. The van der Waals surface area contributed by atoms with Crippen LogP contribution in [-0.2, 0) is 4.79 Å². The summed E-state index contributed by atoms with van der Waals surface area (Å²) < 4.78 is 0. The monoisotopic (exact) mass is 269 g/mol. The summed E-state index contributed by atoms with van der Waals surface area (Å²) >= 11 is 0.984. The van der Waals surface area contributed by atoms with E-state index in [4.69, 9.17) is 0 Å². The molecule has 0 radical (unpaired) electrons. The SMILES string of the molecule is CN1C(=O)S/C(=C\c2cccc3ccccc23)C1=O. The molecule has 0 unspecified atom stereocenters. The molecule has 0 bridgehead atoms. The van der Waals surface area contributed by atoms with Crippen LogP contribution in [0.1, 0.15) is 5.56 Å². The van der Waals surface area contributed by atoms with Gasteiger partial charge in [0.2, 0.25) is 0 Å². The van der Waals surface area contributed by atoms with E-state index in [1.807, 2.05) is 42.5 Å². The van der Waals surface area contributed by atoms with Gasteiger partial charge in [-0.15, -0.1) is 0 Å². The van der Waals surface area contributed by atoms with Gasteiger partial charge in [-0.3, -0.25) is 14.5 Å². The summed E-state index contributed by atoms with van der Waals surface area (Å²) in [5, 5.41) is 1.97. The summed E-state index contributed by atoms with van der Waals surface area (Å²) in [6, 6.07) is 13.9. The number of likely N-dealkylation sites (N-methyl/N-ethyl adjacent to an activating group) is 1. The van der Waals surface area contributed by atoms with E-state index in [0.717, 1.165) is 33.0 Å². The molecule has 1 heterocycles. The van der Waals surface area contributed by atoms with Gasteiger partial charge in [-0.1, -0.05) is 42.5 Å². The average molecular weight is 269 g/mol. The predicted molar refractivity (Wildman–Crippen MR) is 77.7 cm³/mol. The molecule has 0 spiro atoms. The van der Waals surface area contributed by atoms with Gasteiger partial charge in [-0.25, -0.2) is 0 Å². The molecule has 0 atom stereocenters. The van der Waals surface area contributed by atoms with Crippen LogP contribution in [0, 0.1) is 0 Å². The number of carbonyl (C=O) groups excluding carboxylic acids is 2. The van der Waals surface area contributed by atoms with Crippen LogP contribution >= 0.6 is 11.8 Å². The Balaban J connectivity index is 2.12. The Kier molecular flexibility index (Phi) is 2.87. The van der Waals surface area contributed by atoms with Gasteiger partial charge in [-0.2, -0.15) is 0 Å². The number of carbonyl (C=O) groups is 2. The van der Waals surface area contributed by atoms with E-state index in [0.29, 0.717) is 4.91 Å². The number of rotatable bonds is 1. The Morgan fingerprint density at radius 3 is 2.53 bits per heavy atom. The van der Waals surface area contributed by atoms with Crippen molar-refractivity contribution in [1.82, 2.24) is 4.90 Å². The highest BCUT2D eigenvalue weighted by molar-refractivity contribution is 8.18. The standard InChI is InChI=1S/C15H11NO2S/c1-16-14(17)13(19-15(16)18)9-11-7-4-6-10-5-2-3-8-12(10)11/h2-9H,1H3/b13-9-. The molecule has 1 aliphatic rings. The van der Waals surface area contributed by atoms with E-state index >= 15 is 0 Å². The van der Waals surface area contributed by atoms with Crippen molar-refractivity contribution in [3.63, 3.8) is 0 Å². The summed E-state index contributed by atoms with van der Waals surface area (Å²) in [7, 11) is 1.50. The van der Waals surface area contributed by atoms with Crippen molar-refractivity contribution in [1.29, 1.82) is 0 Å². The van der Waals surface area contributed by atoms with Gasteiger partial charge < -0.3 is 0 Å². The fourth-order valence-electron chi connectivity index (χ4n) is 2.06. The van der Waals surface area contributed by atoms with Crippen LogP contribution in [0.4, 0.5) is 4.79 Å². The largest absolute Gasteiger partial charge is 0.293 e. The van der Waals surface area contributed by atoms with Crippen LogP contribution in [-0.4, -0.2) is 23.1 Å². The third-order valence-electron chi connectivity index (χ3n) is 3.10. The quantitative estimate of drug-likeness (QED) is 0.743. The molecule has 3 nitrogen and oxygen atoms in total. The molecule has 3 rings (SSSR count). The molecule has 2 amide bonds. The minimum Gasteiger partial charge on any atom is -0.272 e. The van der Waals surface area contributed by atoms with Crippen molar-refractivity contribution in [2.75, 3.05) is 7.05 Å². The molecule has 0 N–H and O–H groups in total. The van der Waals surface area contributed by atoms with E-state index < -0.39 is 0 Å². The topological polar surface area (TPSA) is 37.4 Å². The lowest BCUT2D eigenvalue weighted by atomic mass is 10.0. The molecule has 0 saturated carbocycles. The second kappa shape index (κ2) is 4.55. The lowest BCUT2D eigenvalue weighted by Crippen LogP contribution is -2.22. The van der Waals surface area contributed by atoms with E-state index in [2.05, 4.69) is 0 Å². The second-order valence-corrected chi connectivity index (χ2v) is 5.30. The molecule has 1 aliphatic heterocycles. The van der Waals surface area contributed by atoms with Gasteiger partial charge in [0.1, 0.15) is 0 Å². The van der Waals surface area contributed by atoms with Crippen LogP contribution in [0.25, 0.3) is 16.8 Å². The summed E-state index contributed by atoms with van der Waals surface area (Å²) in [4.78, 5) is 25.0. The Hall–Kier alpha value is -2.07. The maximum absolute atomic E-state index is 11.9. The van der Waals surface area contributed by atoms with E-state index in [1.54, 1.807) is 6.08 Å². The molecule has 2 aromatic rings. The molecule has 4 heteroatoms. The summed E-state index contributed by atoms with van der Waals surface area (Å²) in [6.45, 7) is 0. The Labute approximate surface area is 114 Å². The molecular formula is C15H11NO2S. The van der Waals surface area contributed by atoms with Crippen LogP contribution in [0.2, 0.25) is 0 Å². The Morgan fingerprint density at radius 1 is 1.05 bits per heavy atom. The fraction of sp³-hybridized carbons (Fsp3) is 0.0667. The third-order valence-corrected chi connectivity index (χ3v) is 4.06. The summed E-state index contributed by atoms with van der Waals surface area (Å²) in [5.41, 5.74) is 0.956. The first-order chi connectivity index (χ1) is 9.16. The van der Waals surface area contributed by atoms with Crippen molar-refractivity contribution in [3.05, 3.63) is 52.9 Å². The average Bonchev–Trinajstić information content (AvgIpc) is 2.67. The first-order valence-electron chi connectivity index (χ1n) is 5.86. The first kappa shape index (κ1) is 12.0. The lowest BCUT2D eigenvalue weighted by Gasteiger charge is -2.03. The van der Waals surface area contributed by atoms with Gasteiger partial charge in [-0.05, 0) is 34.2 Å². The minimum absolute atomic E-state index is 0.225. The lowest BCUT2D eigenvalue weighted by molar-refractivity contribution is -0.121. The number of imide groups is 1. The van der Waals surface area contributed by atoms with Gasteiger partial charge in [0.05, 0.1) is 4.91 Å². The number of fused-ring (bicyclic) bond motifs is 1. The maximum Gasteiger partial charge on any atom is 0.293 e. The predicted octanol–water partition coefficient (Wildman–Crippen LogP) is 3.51. The number of hydrogen-bond donors (Lipinski definition) is 0. The zero-order chi connectivity index (χ0) is 13.4. The molecule has 1 fully saturated rings. The van der Waals surface area contributed by atoms with Gasteiger partial charge in [0.15, 0.2) is 0 Å². The van der Waals surface area contributed by atoms with E-state index in [-0.39, 0.29) is 11.1 Å². The van der Waals surface area contributed by atoms with E-state index in [1.165, 1.54) is 7.05 Å². The molecule has 0 aromatic heterocycles.